The van der Waals surface area contributed by atoms with Crippen LogP contribution in [-0.2, 0) is 10.9 Å². The van der Waals surface area contributed by atoms with Gasteiger partial charge in [-0.2, -0.15) is 13.2 Å². The number of rotatable bonds is 9. The molecule has 1 aromatic rings. The van der Waals surface area contributed by atoms with Crippen molar-refractivity contribution in [2.24, 2.45) is 0 Å². The minimum Gasteiger partial charge on any atom is -0.492 e. The van der Waals surface area contributed by atoms with Crippen molar-refractivity contribution in [1.82, 2.24) is 5.32 Å². The van der Waals surface area contributed by atoms with Gasteiger partial charge < -0.3 is 14.8 Å². The Hall–Kier alpha value is -1.27. The van der Waals surface area contributed by atoms with Crippen LogP contribution in [0.2, 0.25) is 0 Å². The Morgan fingerprint density at radius 2 is 1.71 bits per heavy atom. The molecule has 1 N–H and O–H groups in total. The van der Waals surface area contributed by atoms with Crippen LogP contribution in [0.1, 0.15) is 25.8 Å². The second kappa shape index (κ2) is 8.89. The lowest BCUT2D eigenvalue weighted by Crippen LogP contribution is -2.23. The summed E-state index contributed by atoms with van der Waals surface area (Å²) in [4.78, 5) is 0. The average molecular weight is 305 g/mol. The number of hydrogen-bond donors (Lipinski definition) is 1. The molecule has 0 heterocycles. The van der Waals surface area contributed by atoms with Gasteiger partial charge in [-0.05, 0) is 51.1 Å². The van der Waals surface area contributed by atoms with Crippen molar-refractivity contribution in [3.63, 3.8) is 0 Å². The Balaban J connectivity index is 2.10. The fraction of sp³-hybridized carbons (Fsp3) is 0.600. The number of halogens is 3. The van der Waals surface area contributed by atoms with Crippen molar-refractivity contribution in [2.75, 3.05) is 26.3 Å². The van der Waals surface area contributed by atoms with Crippen LogP contribution in [0.5, 0.6) is 5.75 Å². The van der Waals surface area contributed by atoms with E-state index in [4.69, 9.17) is 9.47 Å². The van der Waals surface area contributed by atoms with Gasteiger partial charge in [0.15, 0.2) is 0 Å². The van der Waals surface area contributed by atoms with Crippen LogP contribution in [0.3, 0.4) is 0 Å². The number of alkyl halides is 3. The predicted molar refractivity (Wildman–Crippen MR) is 75.5 cm³/mol. The van der Waals surface area contributed by atoms with E-state index in [9.17, 15) is 13.2 Å². The summed E-state index contributed by atoms with van der Waals surface area (Å²) < 4.78 is 47.8. The molecule has 0 aliphatic heterocycles. The summed E-state index contributed by atoms with van der Waals surface area (Å²) in [6.45, 7) is 6.57. The third kappa shape index (κ3) is 7.92. The van der Waals surface area contributed by atoms with Crippen LogP contribution in [0.15, 0.2) is 24.3 Å². The third-order valence-corrected chi connectivity index (χ3v) is 2.68. The van der Waals surface area contributed by atoms with Crippen molar-refractivity contribution in [3.8, 4) is 5.75 Å². The quantitative estimate of drug-likeness (QED) is 0.708. The van der Waals surface area contributed by atoms with E-state index in [0.29, 0.717) is 25.5 Å². The first-order valence-electron chi connectivity index (χ1n) is 7.02. The average Bonchev–Trinajstić information content (AvgIpc) is 2.41. The van der Waals surface area contributed by atoms with Gasteiger partial charge in [0.2, 0.25) is 0 Å². The first-order valence-corrected chi connectivity index (χ1v) is 7.02. The fourth-order valence-corrected chi connectivity index (χ4v) is 1.62. The number of nitrogens with one attached hydrogen (secondary N) is 1. The molecule has 0 radical (unpaired) electrons. The maximum absolute atomic E-state index is 12.4. The molecule has 3 nitrogen and oxygen atoms in total. The Kier molecular flexibility index (Phi) is 7.53. The highest BCUT2D eigenvalue weighted by Gasteiger charge is 2.29. The molecule has 0 saturated heterocycles. The molecule has 6 heteroatoms. The first kappa shape index (κ1) is 17.8. The molecule has 0 bridgehead atoms. The third-order valence-electron chi connectivity index (χ3n) is 2.68. The zero-order valence-electron chi connectivity index (χ0n) is 12.4. The Morgan fingerprint density at radius 3 is 2.29 bits per heavy atom. The van der Waals surface area contributed by atoms with Crippen LogP contribution in [0, 0.1) is 0 Å². The molecule has 0 aliphatic rings. The normalized spacial score (nSPS) is 11.9. The Labute approximate surface area is 123 Å². The maximum atomic E-state index is 12.4. The van der Waals surface area contributed by atoms with Crippen molar-refractivity contribution in [2.45, 2.75) is 32.5 Å². The first-order chi connectivity index (χ1) is 9.89. The number of benzene rings is 1. The van der Waals surface area contributed by atoms with Crippen LogP contribution < -0.4 is 10.1 Å². The highest BCUT2D eigenvalue weighted by Crippen LogP contribution is 2.30. The molecule has 21 heavy (non-hydrogen) atoms. The van der Waals surface area contributed by atoms with Crippen molar-refractivity contribution in [1.29, 1.82) is 0 Å². The van der Waals surface area contributed by atoms with Crippen LogP contribution >= 0.6 is 0 Å². The monoisotopic (exact) mass is 305 g/mol. The van der Waals surface area contributed by atoms with Crippen molar-refractivity contribution >= 4 is 0 Å². The largest absolute Gasteiger partial charge is 0.492 e. The molecule has 0 spiro atoms. The molecule has 120 valence electrons. The van der Waals surface area contributed by atoms with Gasteiger partial charge in [0.05, 0.1) is 11.7 Å². The summed E-state index contributed by atoms with van der Waals surface area (Å²) in [5, 5.41) is 3.18. The topological polar surface area (TPSA) is 30.5 Å². The summed E-state index contributed by atoms with van der Waals surface area (Å²) in [6, 6.07) is 4.70. The van der Waals surface area contributed by atoms with Gasteiger partial charge in [-0.15, -0.1) is 0 Å². The van der Waals surface area contributed by atoms with Crippen LogP contribution in [-0.4, -0.2) is 32.4 Å². The van der Waals surface area contributed by atoms with Crippen LogP contribution in [0.4, 0.5) is 13.2 Å². The molecule has 0 fully saturated rings. The highest BCUT2D eigenvalue weighted by molar-refractivity contribution is 5.28. The number of ether oxygens (including phenoxy) is 2. The van der Waals surface area contributed by atoms with E-state index < -0.39 is 11.7 Å². The van der Waals surface area contributed by atoms with Crippen molar-refractivity contribution in [3.05, 3.63) is 29.8 Å². The Bertz CT molecular complexity index is 391. The summed E-state index contributed by atoms with van der Waals surface area (Å²) in [7, 11) is 0. The molecule has 1 rings (SSSR count). The van der Waals surface area contributed by atoms with E-state index in [1.54, 1.807) is 0 Å². The van der Waals surface area contributed by atoms with Gasteiger partial charge in [0.1, 0.15) is 12.4 Å². The molecule has 1 aromatic carbocycles. The zero-order chi connectivity index (χ0) is 15.7. The molecule has 0 saturated carbocycles. The zero-order valence-corrected chi connectivity index (χ0v) is 12.4. The van der Waals surface area contributed by atoms with E-state index in [-0.39, 0.29) is 6.10 Å². The molecular weight excluding hydrogens is 283 g/mol. The summed E-state index contributed by atoms with van der Waals surface area (Å²) in [5.41, 5.74) is -0.668. The predicted octanol–water partition coefficient (Wildman–Crippen LogP) is 3.49. The van der Waals surface area contributed by atoms with Gasteiger partial charge in [-0.3, -0.25) is 0 Å². The molecule has 0 atom stereocenters. The van der Waals surface area contributed by atoms with Gasteiger partial charge >= 0.3 is 6.18 Å². The van der Waals surface area contributed by atoms with Gasteiger partial charge in [0.25, 0.3) is 0 Å². The number of hydrogen-bond acceptors (Lipinski definition) is 3. The second-order valence-electron chi connectivity index (χ2n) is 4.89. The lowest BCUT2D eigenvalue weighted by molar-refractivity contribution is -0.137. The lowest BCUT2D eigenvalue weighted by Gasteiger charge is -2.10. The lowest BCUT2D eigenvalue weighted by atomic mass is 10.2. The maximum Gasteiger partial charge on any atom is 0.416 e. The van der Waals surface area contributed by atoms with E-state index in [1.807, 2.05) is 13.8 Å². The van der Waals surface area contributed by atoms with E-state index in [0.717, 1.165) is 25.1 Å². The molecule has 0 aliphatic carbocycles. The van der Waals surface area contributed by atoms with Gasteiger partial charge in [-0.1, -0.05) is 0 Å². The van der Waals surface area contributed by atoms with E-state index >= 15 is 0 Å². The van der Waals surface area contributed by atoms with Gasteiger partial charge in [-0.25, -0.2) is 0 Å². The van der Waals surface area contributed by atoms with Gasteiger partial charge in [0, 0.05) is 13.2 Å². The minimum absolute atomic E-state index is 0.244. The molecule has 0 aromatic heterocycles. The minimum atomic E-state index is -4.31. The van der Waals surface area contributed by atoms with Crippen LogP contribution in [0.25, 0.3) is 0 Å². The molecular formula is C15H22F3NO2. The second-order valence-corrected chi connectivity index (χ2v) is 4.89. The van der Waals surface area contributed by atoms with Crippen molar-refractivity contribution < 1.29 is 22.6 Å². The smallest absolute Gasteiger partial charge is 0.416 e. The molecule has 0 unspecified atom stereocenters. The highest BCUT2D eigenvalue weighted by atomic mass is 19.4. The molecule has 0 amide bonds. The Morgan fingerprint density at radius 1 is 1.05 bits per heavy atom. The summed E-state index contributed by atoms with van der Waals surface area (Å²) >= 11 is 0. The summed E-state index contributed by atoms with van der Waals surface area (Å²) in [5.74, 6) is 0.438. The standard InChI is InChI=1S/C15H22F3NO2/c1-12(2)20-10-3-8-19-9-11-21-14-6-4-13(5-7-14)15(16,17)18/h4-7,12,19H,3,8-11H2,1-2H3. The SMILES string of the molecule is CC(C)OCCCNCCOc1ccc(C(F)(F)F)cc1. The fourth-order valence-electron chi connectivity index (χ4n) is 1.62. The summed E-state index contributed by atoms with van der Waals surface area (Å²) in [6.07, 6.45) is -3.15. The van der Waals surface area contributed by atoms with E-state index in [1.165, 1.54) is 12.1 Å². The van der Waals surface area contributed by atoms with E-state index in [2.05, 4.69) is 5.32 Å².